The van der Waals surface area contributed by atoms with Crippen LogP contribution in [0.4, 0.5) is 4.79 Å². The fraction of sp³-hybridized carbons (Fsp3) is 0.571. The van der Waals surface area contributed by atoms with E-state index in [4.69, 9.17) is 0 Å². The molecular weight excluding hydrogens is 144 g/mol. The first kappa shape index (κ1) is 7.91. The molecule has 0 aliphatic carbocycles. The average molecular weight is 154 g/mol. The number of nitrogens with one attached hydrogen (secondary N) is 1. The van der Waals surface area contributed by atoms with Gasteiger partial charge in [0.15, 0.2) is 0 Å². The van der Waals surface area contributed by atoms with Gasteiger partial charge in [-0.2, -0.15) is 0 Å². The van der Waals surface area contributed by atoms with E-state index in [0.29, 0.717) is 5.71 Å². The number of aliphatic imine (C=N–C) groups is 1. The summed E-state index contributed by atoms with van der Waals surface area (Å²) in [5, 5.41) is 2.10. The number of carbonyl (C=O) groups is 2. The molecule has 1 aliphatic rings. The molecule has 1 rings (SSSR count). The van der Waals surface area contributed by atoms with E-state index in [1.165, 1.54) is 0 Å². The van der Waals surface area contributed by atoms with Crippen LogP contribution in [-0.2, 0) is 4.79 Å². The quantitative estimate of drug-likeness (QED) is 0.605. The fourth-order valence-electron chi connectivity index (χ4n) is 0.859. The van der Waals surface area contributed by atoms with E-state index in [0.717, 1.165) is 0 Å². The molecule has 0 aromatic rings. The SMILES string of the molecule is CC(C)C1=NC(=O)NC(=O)C1. The molecule has 1 heterocycles. The molecule has 0 saturated carbocycles. The van der Waals surface area contributed by atoms with Crippen LogP contribution in [0.3, 0.4) is 0 Å². The van der Waals surface area contributed by atoms with Crippen molar-refractivity contribution in [3.05, 3.63) is 0 Å². The second kappa shape index (κ2) is 2.82. The van der Waals surface area contributed by atoms with E-state index in [1.807, 2.05) is 13.8 Å². The van der Waals surface area contributed by atoms with E-state index < -0.39 is 6.03 Å². The summed E-state index contributed by atoms with van der Waals surface area (Å²) in [5.74, 6) is -0.0845. The monoisotopic (exact) mass is 154 g/mol. The molecule has 0 bridgehead atoms. The molecule has 0 fully saturated rings. The van der Waals surface area contributed by atoms with E-state index >= 15 is 0 Å². The van der Waals surface area contributed by atoms with E-state index in [1.54, 1.807) is 0 Å². The number of amides is 3. The summed E-state index contributed by atoms with van der Waals surface area (Å²) in [6.07, 6.45) is 0.253. The van der Waals surface area contributed by atoms with Gasteiger partial charge in [0, 0.05) is 5.71 Å². The third kappa shape index (κ3) is 1.86. The minimum atomic E-state index is -0.537. The Labute approximate surface area is 64.7 Å². The summed E-state index contributed by atoms with van der Waals surface area (Å²) < 4.78 is 0. The molecule has 3 amide bonds. The van der Waals surface area contributed by atoms with Crippen molar-refractivity contribution in [1.29, 1.82) is 0 Å². The maximum absolute atomic E-state index is 10.8. The number of imide groups is 1. The van der Waals surface area contributed by atoms with Gasteiger partial charge >= 0.3 is 6.03 Å². The van der Waals surface area contributed by atoms with Crippen molar-refractivity contribution in [1.82, 2.24) is 5.32 Å². The molecule has 0 atom stereocenters. The Kier molecular flexibility index (Phi) is 2.03. The Hall–Kier alpha value is -1.19. The molecule has 0 aromatic heterocycles. The summed E-state index contributed by atoms with van der Waals surface area (Å²) in [6.45, 7) is 3.81. The summed E-state index contributed by atoms with van der Waals surface area (Å²) in [6, 6.07) is -0.537. The molecule has 4 heteroatoms. The van der Waals surface area contributed by atoms with Crippen LogP contribution >= 0.6 is 0 Å². The summed E-state index contributed by atoms with van der Waals surface area (Å²) >= 11 is 0. The Bertz CT molecular complexity index is 231. The minimum Gasteiger partial charge on any atom is -0.276 e. The summed E-state index contributed by atoms with van der Waals surface area (Å²) in [7, 11) is 0. The molecule has 4 nitrogen and oxygen atoms in total. The maximum atomic E-state index is 10.8. The van der Waals surface area contributed by atoms with Crippen molar-refractivity contribution in [3.8, 4) is 0 Å². The van der Waals surface area contributed by atoms with Crippen LogP contribution < -0.4 is 5.32 Å². The lowest BCUT2D eigenvalue weighted by Crippen LogP contribution is -2.36. The third-order valence-corrected chi connectivity index (χ3v) is 1.50. The smallest absolute Gasteiger partial charge is 0.276 e. The van der Waals surface area contributed by atoms with Gasteiger partial charge in [0.1, 0.15) is 0 Å². The van der Waals surface area contributed by atoms with Crippen molar-refractivity contribution in [2.24, 2.45) is 10.9 Å². The Morgan fingerprint density at radius 3 is 2.55 bits per heavy atom. The van der Waals surface area contributed by atoms with Gasteiger partial charge < -0.3 is 0 Å². The van der Waals surface area contributed by atoms with Crippen molar-refractivity contribution < 1.29 is 9.59 Å². The first-order chi connectivity index (χ1) is 5.09. The Morgan fingerprint density at radius 1 is 1.45 bits per heavy atom. The lowest BCUT2D eigenvalue weighted by atomic mass is 10.0. The number of carbonyl (C=O) groups excluding carboxylic acids is 2. The van der Waals surface area contributed by atoms with Gasteiger partial charge in [0.2, 0.25) is 5.91 Å². The van der Waals surface area contributed by atoms with E-state index in [2.05, 4.69) is 10.3 Å². The largest absolute Gasteiger partial charge is 0.347 e. The number of hydrogen-bond donors (Lipinski definition) is 1. The molecular formula is C7H10N2O2. The number of nitrogens with zero attached hydrogens (tertiary/aromatic N) is 1. The van der Waals surface area contributed by atoms with Gasteiger partial charge in [-0.05, 0) is 5.92 Å². The van der Waals surface area contributed by atoms with Crippen molar-refractivity contribution in [2.75, 3.05) is 0 Å². The first-order valence-corrected chi connectivity index (χ1v) is 3.51. The van der Waals surface area contributed by atoms with Crippen LogP contribution in [0.1, 0.15) is 20.3 Å². The summed E-state index contributed by atoms with van der Waals surface area (Å²) in [4.78, 5) is 25.1. The molecule has 0 saturated heterocycles. The summed E-state index contributed by atoms with van der Waals surface area (Å²) in [5.41, 5.74) is 0.666. The van der Waals surface area contributed by atoms with Crippen LogP contribution in [0.2, 0.25) is 0 Å². The van der Waals surface area contributed by atoms with Gasteiger partial charge in [0.25, 0.3) is 0 Å². The number of urea groups is 1. The highest BCUT2D eigenvalue weighted by Gasteiger charge is 2.19. The van der Waals surface area contributed by atoms with Crippen LogP contribution in [0.5, 0.6) is 0 Å². The van der Waals surface area contributed by atoms with Crippen molar-refractivity contribution in [2.45, 2.75) is 20.3 Å². The average Bonchev–Trinajstić information content (AvgIpc) is 1.85. The molecule has 0 unspecified atom stereocenters. The van der Waals surface area contributed by atoms with Crippen LogP contribution in [0.25, 0.3) is 0 Å². The zero-order chi connectivity index (χ0) is 8.43. The Morgan fingerprint density at radius 2 is 2.09 bits per heavy atom. The lowest BCUT2D eigenvalue weighted by molar-refractivity contribution is -0.119. The van der Waals surface area contributed by atoms with Gasteiger partial charge in [-0.15, -0.1) is 0 Å². The van der Waals surface area contributed by atoms with Crippen LogP contribution in [0.15, 0.2) is 4.99 Å². The van der Waals surface area contributed by atoms with Gasteiger partial charge in [-0.25, -0.2) is 9.79 Å². The molecule has 1 N–H and O–H groups in total. The maximum Gasteiger partial charge on any atom is 0.347 e. The molecule has 11 heavy (non-hydrogen) atoms. The molecule has 1 aliphatic heterocycles. The normalized spacial score (nSPS) is 18.3. The number of rotatable bonds is 1. The van der Waals surface area contributed by atoms with E-state index in [9.17, 15) is 9.59 Å². The highest BCUT2D eigenvalue weighted by atomic mass is 16.2. The van der Waals surface area contributed by atoms with Crippen LogP contribution in [-0.4, -0.2) is 17.6 Å². The van der Waals surface area contributed by atoms with Gasteiger partial charge in [-0.3, -0.25) is 10.1 Å². The predicted octanol–water partition coefficient (Wildman–Crippen LogP) is 0.723. The highest BCUT2D eigenvalue weighted by molar-refractivity contribution is 6.14. The molecule has 60 valence electrons. The topological polar surface area (TPSA) is 58.5 Å². The van der Waals surface area contributed by atoms with Crippen LogP contribution in [0, 0.1) is 5.92 Å². The van der Waals surface area contributed by atoms with E-state index in [-0.39, 0.29) is 18.2 Å². The second-order valence-electron chi connectivity index (χ2n) is 2.79. The standard InChI is InChI=1S/C7H10N2O2/c1-4(2)5-3-6(10)9-7(11)8-5/h4H,3H2,1-2H3,(H,9,10,11). The Balaban J connectivity index is 2.80. The minimum absolute atomic E-state index is 0.171. The van der Waals surface area contributed by atoms with Gasteiger partial charge in [0.05, 0.1) is 6.42 Å². The van der Waals surface area contributed by atoms with Crippen molar-refractivity contribution >= 4 is 17.6 Å². The highest BCUT2D eigenvalue weighted by Crippen LogP contribution is 2.05. The zero-order valence-electron chi connectivity index (χ0n) is 6.55. The third-order valence-electron chi connectivity index (χ3n) is 1.50. The first-order valence-electron chi connectivity index (χ1n) is 3.51. The zero-order valence-corrected chi connectivity index (χ0v) is 6.55. The molecule has 0 radical (unpaired) electrons. The fourth-order valence-corrected chi connectivity index (χ4v) is 0.859. The predicted molar refractivity (Wildman–Crippen MR) is 40.4 cm³/mol. The van der Waals surface area contributed by atoms with Gasteiger partial charge in [-0.1, -0.05) is 13.8 Å². The number of hydrogen-bond acceptors (Lipinski definition) is 2. The molecule has 0 aromatic carbocycles. The second-order valence-corrected chi connectivity index (χ2v) is 2.79. The lowest BCUT2D eigenvalue weighted by Gasteiger charge is -2.13. The molecule has 0 spiro atoms. The van der Waals surface area contributed by atoms with Crippen molar-refractivity contribution in [3.63, 3.8) is 0 Å².